The number of rotatable bonds is 7. The Labute approximate surface area is 113 Å². The van der Waals surface area contributed by atoms with Crippen LogP contribution in [0.25, 0.3) is 0 Å². The van der Waals surface area contributed by atoms with Crippen LogP contribution >= 0.6 is 11.8 Å². The third-order valence-electron chi connectivity index (χ3n) is 3.42. The Morgan fingerprint density at radius 3 is 2.94 bits per heavy atom. The van der Waals surface area contributed by atoms with Gasteiger partial charge in [-0.2, -0.15) is 16.7 Å². The minimum Gasteiger partial charge on any atom is -0.338 e. The van der Waals surface area contributed by atoms with E-state index < -0.39 is 0 Å². The smallest absolute Gasteiger partial charge is 0.243 e. The molecule has 2 rings (SSSR count). The van der Waals surface area contributed by atoms with E-state index in [1.165, 1.54) is 25.7 Å². The van der Waals surface area contributed by atoms with Crippen molar-refractivity contribution in [1.29, 1.82) is 0 Å². The zero-order valence-corrected chi connectivity index (χ0v) is 11.9. The average molecular weight is 269 g/mol. The van der Waals surface area contributed by atoms with Crippen LogP contribution in [-0.4, -0.2) is 15.4 Å². The maximum atomic E-state index is 6.01. The van der Waals surface area contributed by atoms with E-state index in [4.69, 9.17) is 10.3 Å². The predicted molar refractivity (Wildman–Crippen MR) is 74.3 cm³/mol. The molecule has 5 heteroatoms. The molecule has 0 radical (unpaired) electrons. The Bertz CT molecular complexity index is 350. The van der Waals surface area contributed by atoms with Gasteiger partial charge >= 0.3 is 0 Å². The summed E-state index contributed by atoms with van der Waals surface area (Å²) in [5, 5.41) is 4.81. The first kappa shape index (κ1) is 13.9. The number of nitrogens with zero attached hydrogens (tertiary/aromatic N) is 2. The zero-order valence-electron chi connectivity index (χ0n) is 11.1. The van der Waals surface area contributed by atoms with E-state index >= 15 is 0 Å². The monoisotopic (exact) mass is 269 g/mol. The fraction of sp³-hybridized carbons (Fsp3) is 0.846. The van der Waals surface area contributed by atoms with Crippen molar-refractivity contribution in [1.82, 2.24) is 10.1 Å². The molecule has 0 amide bonds. The SMILES string of the molecule is CCCCC(N)c1nc(CSC2CCCC2)no1. The Hall–Kier alpha value is -0.550. The van der Waals surface area contributed by atoms with Crippen LogP contribution in [0.15, 0.2) is 4.52 Å². The molecule has 1 unspecified atom stereocenters. The van der Waals surface area contributed by atoms with Gasteiger partial charge in [-0.1, -0.05) is 37.8 Å². The van der Waals surface area contributed by atoms with Crippen molar-refractivity contribution in [2.45, 2.75) is 68.9 Å². The molecular formula is C13H23N3OS. The summed E-state index contributed by atoms with van der Waals surface area (Å²) in [4.78, 5) is 4.40. The van der Waals surface area contributed by atoms with Crippen LogP contribution in [0, 0.1) is 0 Å². The van der Waals surface area contributed by atoms with Crippen LogP contribution in [0.1, 0.15) is 69.6 Å². The Kier molecular flexibility index (Phi) is 5.50. The number of hydrogen-bond donors (Lipinski definition) is 1. The lowest BCUT2D eigenvalue weighted by Crippen LogP contribution is -2.10. The van der Waals surface area contributed by atoms with Crippen LogP contribution in [0.5, 0.6) is 0 Å². The van der Waals surface area contributed by atoms with Gasteiger partial charge in [-0.3, -0.25) is 0 Å². The lowest BCUT2D eigenvalue weighted by molar-refractivity contribution is 0.343. The highest BCUT2D eigenvalue weighted by atomic mass is 32.2. The first-order valence-electron chi connectivity index (χ1n) is 6.99. The molecule has 0 bridgehead atoms. The molecule has 0 aromatic carbocycles. The number of aromatic nitrogens is 2. The van der Waals surface area contributed by atoms with Crippen molar-refractivity contribution in [2.75, 3.05) is 0 Å². The van der Waals surface area contributed by atoms with E-state index in [0.29, 0.717) is 5.89 Å². The fourth-order valence-electron chi connectivity index (χ4n) is 2.27. The minimum atomic E-state index is -0.0947. The van der Waals surface area contributed by atoms with Gasteiger partial charge < -0.3 is 10.3 Å². The van der Waals surface area contributed by atoms with E-state index in [9.17, 15) is 0 Å². The van der Waals surface area contributed by atoms with Crippen molar-refractivity contribution in [3.05, 3.63) is 11.7 Å². The topological polar surface area (TPSA) is 64.9 Å². The molecule has 0 saturated heterocycles. The number of nitrogens with two attached hydrogens (primary N) is 1. The van der Waals surface area contributed by atoms with Gasteiger partial charge in [-0.05, 0) is 19.3 Å². The first-order chi connectivity index (χ1) is 8.79. The van der Waals surface area contributed by atoms with Gasteiger partial charge in [-0.25, -0.2) is 0 Å². The number of unbranched alkanes of at least 4 members (excludes halogenated alkanes) is 1. The third-order valence-corrected chi connectivity index (χ3v) is 4.79. The van der Waals surface area contributed by atoms with Crippen molar-refractivity contribution >= 4 is 11.8 Å². The zero-order chi connectivity index (χ0) is 12.8. The van der Waals surface area contributed by atoms with Crippen LogP contribution in [-0.2, 0) is 5.75 Å². The Morgan fingerprint density at radius 1 is 1.44 bits per heavy atom. The maximum absolute atomic E-state index is 6.01. The predicted octanol–water partition coefficient (Wildman–Crippen LogP) is 3.44. The van der Waals surface area contributed by atoms with E-state index in [0.717, 1.165) is 36.1 Å². The molecule has 0 spiro atoms. The summed E-state index contributed by atoms with van der Waals surface area (Å²) in [5.41, 5.74) is 6.01. The van der Waals surface area contributed by atoms with Gasteiger partial charge in [0.2, 0.25) is 5.89 Å². The summed E-state index contributed by atoms with van der Waals surface area (Å²) in [5.74, 6) is 2.26. The average Bonchev–Trinajstić information content (AvgIpc) is 3.04. The third kappa shape index (κ3) is 3.99. The highest BCUT2D eigenvalue weighted by Crippen LogP contribution is 2.31. The molecule has 18 heavy (non-hydrogen) atoms. The van der Waals surface area contributed by atoms with E-state index in [-0.39, 0.29) is 6.04 Å². The number of hydrogen-bond acceptors (Lipinski definition) is 5. The summed E-state index contributed by atoms with van der Waals surface area (Å²) < 4.78 is 5.24. The first-order valence-corrected chi connectivity index (χ1v) is 8.04. The summed E-state index contributed by atoms with van der Waals surface area (Å²) in [7, 11) is 0. The molecular weight excluding hydrogens is 246 g/mol. The lowest BCUT2D eigenvalue weighted by Gasteiger charge is -2.05. The van der Waals surface area contributed by atoms with Crippen molar-refractivity contribution in [3.63, 3.8) is 0 Å². The quantitative estimate of drug-likeness (QED) is 0.821. The largest absolute Gasteiger partial charge is 0.338 e. The molecule has 1 aliphatic carbocycles. The van der Waals surface area contributed by atoms with Crippen LogP contribution in [0.3, 0.4) is 0 Å². The second kappa shape index (κ2) is 7.14. The van der Waals surface area contributed by atoms with Gasteiger partial charge in [0.25, 0.3) is 0 Å². The fourth-order valence-corrected chi connectivity index (χ4v) is 3.44. The summed E-state index contributed by atoms with van der Waals surface area (Å²) in [6, 6.07) is -0.0947. The highest BCUT2D eigenvalue weighted by molar-refractivity contribution is 7.99. The van der Waals surface area contributed by atoms with Crippen LogP contribution in [0.4, 0.5) is 0 Å². The summed E-state index contributed by atoms with van der Waals surface area (Å²) in [6.45, 7) is 2.16. The second-order valence-electron chi connectivity index (χ2n) is 5.02. The molecule has 4 nitrogen and oxygen atoms in total. The highest BCUT2D eigenvalue weighted by Gasteiger charge is 2.18. The summed E-state index contributed by atoms with van der Waals surface area (Å²) >= 11 is 1.95. The van der Waals surface area contributed by atoms with Crippen molar-refractivity contribution < 1.29 is 4.52 Å². The number of thioether (sulfide) groups is 1. The van der Waals surface area contributed by atoms with E-state index in [2.05, 4.69) is 17.1 Å². The molecule has 1 saturated carbocycles. The van der Waals surface area contributed by atoms with E-state index in [1.54, 1.807) is 0 Å². The summed E-state index contributed by atoms with van der Waals surface area (Å²) in [6.07, 6.45) is 8.60. The lowest BCUT2D eigenvalue weighted by atomic mass is 10.1. The maximum Gasteiger partial charge on any atom is 0.243 e. The van der Waals surface area contributed by atoms with Crippen molar-refractivity contribution in [3.8, 4) is 0 Å². The molecule has 1 fully saturated rings. The van der Waals surface area contributed by atoms with Crippen molar-refractivity contribution in [2.24, 2.45) is 5.73 Å². The molecule has 1 aromatic heterocycles. The normalized spacial score (nSPS) is 18.3. The molecule has 1 atom stereocenters. The van der Waals surface area contributed by atoms with Gasteiger partial charge in [0.05, 0.1) is 11.8 Å². The van der Waals surface area contributed by atoms with Gasteiger partial charge in [0.1, 0.15) is 0 Å². The Balaban J connectivity index is 1.77. The van der Waals surface area contributed by atoms with Gasteiger partial charge in [0, 0.05) is 5.25 Å². The second-order valence-corrected chi connectivity index (χ2v) is 6.30. The minimum absolute atomic E-state index is 0.0947. The molecule has 1 aromatic rings. The van der Waals surface area contributed by atoms with Crippen LogP contribution in [0.2, 0.25) is 0 Å². The van der Waals surface area contributed by atoms with Gasteiger partial charge in [0.15, 0.2) is 5.82 Å². The Morgan fingerprint density at radius 2 is 2.22 bits per heavy atom. The standard InChI is InChI=1S/C13H23N3OS/c1-2-3-8-11(14)13-15-12(16-17-13)9-18-10-6-4-5-7-10/h10-11H,2-9,14H2,1H3. The van der Waals surface area contributed by atoms with Crippen LogP contribution < -0.4 is 5.73 Å². The molecule has 2 N–H and O–H groups in total. The molecule has 1 heterocycles. The van der Waals surface area contributed by atoms with Gasteiger partial charge in [-0.15, -0.1) is 0 Å². The van der Waals surface area contributed by atoms with E-state index in [1.807, 2.05) is 11.8 Å². The molecule has 1 aliphatic rings. The molecule has 0 aliphatic heterocycles. The molecule has 102 valence electrons.